The number of benzene rings is 2. The average molecular weight is 318 g/mol. The van der Waals surface area contributed by atoms with Gasteiger partial charge in [0.15, 0.2) is 11.5 Å². The third-order valence-electron chi connectivity index (χ3n) is 2.97. The van der Waals surface area contributed by atoms with Gasteiger partial charge in [-0.2, -0.15) is 5.10 Å². The largest absolute Gasteiger partial charge is 0.504 e. The summed E-state index contributed by atoms with van der Waals surface area (Å²) < 4.78 is 10.0. The molecule has 0 radical (unpaired) electrons. The molecule has 4 N–H and O–H groups in total. The van der Waals surface area contributed by atoms with Crippen LogP contribution in [0.1, 0.15) is 15.9 Å². The van der Waals surface area contributed by atoms with E-state index in [1.54, 1.807) is 49.6 Å². The van der Waals surface area contributed by atoms with Gasteiger partial charge in [-0.25, -0.2) is 5.43 Å². The maximum Gasteiger partial charge on any atom is 0.271 e. The van der Waals surface area contributed by atoms with Gasteiger partial charge in [-0.05, 0) is 36.4 Å². The first-order valence-corrected chi connectivity index (χ1v) is 6.49. The lowest BCUT2D eigenvalue weighted by molar-refractivity contribution is 0.0955. The number of rotatable bonds is 5. The third-order valence-corrected chi connectivity index (χ3v) is 2.97. The van der Waals surface area contributed by atoms with Gasteiger partial charge in [0, 0.05) is 11.1 Å². The Hall–Kier alpha value is -3.06. The number of hydrazone groups is 1. The van der Waals surface area contributed by atoms with Crippen LogP contribution in [0.15, 0.2) is 47.6 Å². The second-order valence-corrected chi connectivity index (χ2v) is 4.33. The van der Waals surface area contributed by atoms with E-state index in [-0.39, 0.29) is 17.1 Å². The lowest BCUT2D eigenvalue weighted by Crippen LogP contribution is -2.17. The van der Waals surface area contributed by atoms with Crippen LogP contribution < -0.4 is 14.9 Å². The molecule has 0 atom stereocenters. The standard InChI is InChI=1S/C16H16N2O4.H2O/c1-21-13-8-6-11(7-9-13)16(20)18-17-10-12-4-3-5-14(22-2)15(12)19;/h3-10,19H,1-2H3,(H,18,20);1H2/b17-10+;. The van der Waals surface area contributed by atoms with Gasteiger partial charge in [-0.1, -0.05) is 6.07 Å². The molecule has 2 rings (SSSR count). The first-order valence-electron chi connectivity index (χ1n) is 6.49. The molecule has 0 saturated heterocycles. The number of methoxy groups -OCH3 is 2. The van der Waals surface area contributed by atoms with E-state index in [2.05, 4.69) is 10.5 Å². The molecule has 0 bridgehead atoms. The number of hydrogen-bond donors (Lipinski definition) is 2. The van der Waals surface area contributed by atoms with E-state index in [9.17, 15) is 9.90 Å². The normalized spacial score (nSPS) is 10.0. The Kier molecular flexibility index (Phi) is 6.57. The molecule has 0 aliphatic heterocycles. The van der Waals surface area contributed by atoms with Crippen molar-refractivity contribution in [3.63, 3.8) is 0 Å². The Bertz CT molecular complexity index is 683. The number of aromatic hydroxyl groups is 1. The Labute approximate surface area is 133 Å². The highest BCUT2D eigenvalue weighted by Crippen LogP contribution is 2.27. The highest BCUT2D eigenvalue weighted by Gasteiger charge is 2.06. The fourth-order valence-corrected chi connectivity index (χ4v) is 1.78. The predicted octanol–water partition coefficient (Wildman–Crippen LogP) is 1.35. The van der Waals surface area contributed by atoms with E-state index in [4.69, 9.17) is 9.47 Å². The minimum Gasteiger partial charge on any atom is -0.504 e. The van der Waals surface area contributed by atoms with Gasteiger partial charge in [0.05, 0.1) is 20.4 Å². The number of para-hydroxylation sites is 1. The predicted molar refractivity (Wildman–Crippen MR) is 86.3 cm³/mol. The molecule has 23 heavy (non-hydrogen) atoms. The van der Waals surface area contributed by atoms with Gasteiger partial charge in [0.1, 0.15) is 5.75 Å². The summed E-state index contributed by atoms with van der Waals surface area (Å²) in [6, 6.07) is 11.6. The number of nitrogens with one attached hydrogen (secondary N) is 1. The average Bonchev–Trinajstić information content (AvgIpc) is 2.56. The van der Waals surface area contributed by atoms with Crippen molar-refractivity contribution >= 4 is 12.1 Å². The van der Waals surface area contributed by atoms with Crippen molar-refractivity contribution in [3.05, 3.63) is 53.6 Å². The van der Waals surface area contributed by atoms with Crippen molar-refractivity contribution in [1.82, 2.24) is 5.43 Å². The van der Waals surface area contributed by atoms with E-state index < -0.39 is 0 Å². The van der Waals surface area contributed by atoms with Crippen LogP contribution in [-0.4, -0.2) is 36.9 Å². The molecule has 122 valence electrons. The molecular weight excluding hydrogens is 300 g/mol. The van der Waals surface area contributed by atoms with E-state index in [0.717, 1.165) is 0 Å². The lowest BCUT2D eigenvalue weighted by Gasteiger charge is -2.05. The minimum absolute atomic E-state index is 0. The monoisotopic (exact) mass is 318 g/mol. The van der Waals surface area contributed by atoms with Gasteiger partial charge in [0.25, 0.3) is 5.91 Å². The molecule has 0 unspecified atom stereocenters. The van der Waals surface area contributed by atoms with E-state index in [1.807, 2.05) is 0 Å². The maximum atomic E-state index is 11.9. The smallest absolute Gasteiger partial charge is 0.271 e. The number of hydrogen-bond acceptors (Lipinski definition) is 5. The SMILES string of the molecule is COc1ccc(C(=O)N/N=C/c2cccc(OC)c2O)cc1.O. The second-order valence-electron chi connectivity index (χ2n) is 4.33. The number of carbonyl (C=O) groups excluding carboxylic acids is 1. The molecule has 0 heterocycles. The Morgan fingerprint density at radius 2 is 1.83 bits per heavy atom. The molecule has 2 aromatic carbocycles. The van der Waals surface area contributed by atoms with Crippen LogP contribution in [-0.2, 0) is 0 Å². The molecule has 2 aromatic rings. The zero-order valence-corrected chi connectivity index (χ0v) is 12.7. The number of ether oxygens (including phenoxy) is 2. The Morgan fingerprint density at radius 1 is 1.13 bits per heavy atom. The van der Waals surface area contributed by atoms with Crippen LogP contribution in [0.25, 0.3) is 0 Å². The van der Waals surface area contributed by atoms with E-state index >= 15 is 0 Å². The van der Waals surface area contributed by atoms with Gasteiger partial charge in [-0.15, -0.1) is 0 Å². The molecule has 0 saturated carbocycles. The van der Waals surface area contributed by atoms with E-state index in [0.29, 0.717) is 22.6 Å². The zero-order valence-electron chi connectivity index (χ0n) is 12.7. The van der Waals surface area contributed by atoms with Gasteiger partial charge in [0.2, 0.25) is 0 Å². The van der Waals surface area contributed by atoms with Gasteiger partial charge < -0.3 is 20.1 Å². The number of nitrogens with zero attached hydrogens (tertiary/aromatic N) is 1. The third kappa shape index (κ3) is 4.45. The molecular formula is C16H18N2O5. The van der Waals surface area contributed by atoms with Crippen molar-refractivity contribution in [2.45, 2.75) is 0 Å². The maximum absolute atomic E-state index is 11.9. The van der Waals surface area contributed by atoms with E-state index in [1.165, 1.54) is 13.3 Å². The molecule has 1 amide bonds. The van der Waals surface area contributed by atoms with Gasteiger partial charge in [-0.3, -0.25) is 4.79 Å². The summed E-state index contributed by atoms with van der Waals surface area (Å²) in [6.45, 7) is 0. The van der Waals surface area contributed by atoms with Crippen molar-refractivity contribution in [1.29, 1.82) is 0 Å². The summed E-state index contributed by atoms with van der Waals surface area (Å²) in [4.78, 5) is 11.9. The van der Waals surface area contributed by atoms with Crippen LogP contribution in [0.3, 0.4) is 0 Å². The summed E-state index contributed by atoms with van der Waals surface area (Å²) in [5, 5.41) is 13.7. The van der Waals surface area contributed by atoms with Gasteiger partial charge >= 0.3 is 0 Å². The van der Waals surface area contributed by atoms with Crippen LogP contribution in [0.4, 0.5) is 0 Å². The molecule has 0 aliphatic rings. The highest BCUT2D eigenvalue weighted by molar-refractivity contribution is 5.95. The summed E-state index contributed by atoms with van der Waals surface area (Å²) in [7, 11) is 3.02. The summed E-state index contributed by atoms with van der Waals surface area (Å²) in [5.74, 6) is 0.612. The van der Waals surface area contributed by atoms with Crippen LogP contribution in [0, 0.1) is 0 Å². The Morgan fingerprint density at radius 3 is 2.43 bits per heavy atom. The van der Waals surface area contributed by atoms with Crippen molar-refractivity contribution in [2.75, 3.05) is 14.2 Å². The van der Waals surface area contributed by atoms with Crippen molar-refractivity contribution < 1.29 is 24.9 Å². The molecule has 7 nitrogen and oxygen atoms in total. The molecule has 0 aromatic heterocycles. The molecule has 0 aliphatic carbocycles. The minimum atomic E-state index is -0.360. The second kappa shape index (κ2) is 8.40. The summed E-state index contributed by atoms with van der Waals surface area (Å²) in [6.07, 6.45) is 1.35. The first kappa shape index (κ1) is 18.0. The van der Waals surface area contributed by atoms with Crippen molar-refractivity contribution in [2.24, 2.45) is 5.10 Å². The topological polar surface area (TPSA) is 112 Å². The number of amides is 1. The molecule has 0 fully saturated rings. The fraction of sp³-hybridized carbons (Fsp3) is 0.125. The fourth-order valence-electron chi connectivity index (χ4n) is 1.78. The number of carbonyl (C=O) groups is 1. The number of phenolic OH excluding ortho intramolecular Hbond substituents is 1. The zero-order chi connectivity index (χ0) is 15.9. The number of phenols is 1. The molecule has 0 spiro atoms. The van der Waals surface area contributed by atoms with Crippen molar-refractivity contribution in [3.8, 4) is 17.2 Å². The molecule has 7 heteroatoms. The highest BCUT2D eigenvalue weighted by atomic mass is 16.5. The summed E-state index contributed by atoms with van der Waals surface area (Å²) in [5.41, 5.74) is 3.28. The lowest BCUT2D eigenvalue weighted by atomic mass is 10.2. The quantitative estimate of drug-likeness (QED) is 0.640. The first-order chi connectivity index (χ1) is 10.7. The van der Waals surface area contributed by atoms with Crippen LogP contribution >= 0.6 is 0 Å². The summed E-state index contributed by atoms with van der Waals surface area (Å²) >= 11 is 0. The van der Waals surface area contributed by atoms with Crippen LogP contribution in [0.2, 0.25) is 0 Å². The Balaban J connectivity index is 0.00000264. The van der Waals surface area contributed by atoms with Crippen LogP contribution in [0.5, 0.6) is 17.2 Å².